The van der Waals surface area contributed by atoms with E-state index in [4.69, 9.17) is 4.74 Å². The third-order valence-corrected chi connectivity index (χ3v) is 6.80. The standard InChI is InChI=1S/C28H26N6O2/c1-36-26-5-3-2-4-25(26)33-10-12-34(13-11-33)28(35)20-8-6-19(7-9-20)21-14-23-24(22-16-31-32-17-22)18-30-27(23)29-15-21/h2-9,14-18H,10-13H2,1H3,(H,29,30)(H,31,32). The summed E-state index contributed by atoms with van der Waals surface area (Å²) in [5.41, 5.74) is 6.66. The van der Waals surface area contributed by atoms with E-state index >= 15 is 0 Å². The molecule has 0 spiro atoms. The third-order valence-electron chi connectivity index (χ3n) is 6.80. The summed E-state index contributed by atoms with van der Waals surface area (Å²) in [7, 11) is 1.69. The van der Waals surface area contributed by atoms with Gasteiger partial charge in [0.1, 0.15) is 11.4 Å². The van der Waals surface area contributed by atoms with E-state index in [-0.39, 0.29) is 5.91 Å². The molecule has 0 saturated carbocycles. The van der Waals surface area contributed by atoms with Gasteiger partial charge < -0.3 is 19.5 Å². The van der Waals surface area contributed by atoms with Crippen LogP contribution < -0.4 is 9.64 Å². The van der Waals surface area contributed by atoms with E-state index in [1.807, 2.05) is 66.0 Å². The van der Waals surface area contributed by atoms with Crippen LogP contribution in [0.1, 0.15) is 10.4 Å². The first-order valence-corrected chi connectivity index (χ1v) is 12.0. The fourth-order valence-electron chi connectivity index (χ4n) is 4.83. The molecule has 0 unspecified atom stereocenters. The summed E-state index contributed by atoms with van der Waals surface area (Å²) >= 11 is 0. The lowest BCUT2D eigenvalue weighted by Gasteiger charge is -2.36. The highest BCUT2D eigenvalue weighted by Crippen LogP contribution is 2.31. The van der Waals surface area contributed by atoms with Crippen LogP contribution in [0.2, 0.25) is 0 Å². The van der Waals surface area contributed by atoms with Crippen molar-refractivity contribution >= 4 is 22.6 Å². The topological polar surface area (TPSA) is 90.1 Å². The van der Waals surface area contributed by atoms with Gasteiger partial charge in [-0.1, -0.05) is 24.3 Å². The molecule has 2 N–H and O–H groups in total. The highest BCUT2D eigenvalue weighted by atomic mass is 16.5. The number of nitrogens with one attached hydrogen (secondary N) is 2. The number of ether oxygens (including phenoxy) is 1. The number of H-pyrrole nitrogens is 2. The quantitative estimate of drug-likeness (QED) is 0.386. The molecular formula is C28H26N6O2. The second-order valence-corrected chi connectivity index (χ2v) is 8.84. The Labute approximate surface area is 208 Å². The first-order chi connectivity index (χ1) is 17.7. The Morgan fingerprint density at radius 3 is 2.47 bits per heavy atom. The van der Waals surface area contributed by atoms with Crippen LogP contribution in [0.15, 0.2) is 79.4 Å². The van der Waals surface area contributed by atoms with Gasteiger partial charge in [0.2, 0.25) is 0 Å². The number of aromatic amines is 2. The number of para-hydroxylation sites is 2. The molecule has 0 aliphatic carbocycles. The van der Waals surface area contributed by atoms with Gasteiger partial charge in [-0.15, -0.1) is 0 Å². The second kappa shape index (κ2) is 9.22. The zero-order valence-electron chi connectivity index (χ0n) is 19.9. The van der Waals surface area contributed by atoms with Crippen molar-refractivity contribution in [2.45, 2.75) is 0 Å². The van der Waals surface area contributed by atoms with Crippen molar-refractivity contribution in [2.75, 3.05) is 38.2 Å². The van der Waals surface area contributed by atoms with Gasteiger partial charge in [-0.3, -0.25) is 9.89 Å². The number of benzene rings is 2. The summed E-state index contributed by atoms with van der Waals surface area (Å²) in [4.78, 5) is 25.2. The molecule has 1 fully saturated rings. The normalized spacial score (nSPS) is 13.8. The van der Waals surface area contributed by atoms with Crippen LogP contribution >= 0.6 is 0 Å². The zero-order chi connectivity index (χ0) is 24.5. The average molecular weight is 479 g/mol. The van der Waals surface area contributed by atoms with Gasteiger partial charge in [0.25, 0.3) is 5.91 Å². The Bertz CT molecular complexity index is 1500. The molecule has 0 atom stereocenters. The van der Waals surface area contributed by atoms with Crippen molar-refractivity contribution in [1.82, 2.24) is 25.1 Å². The minimum Gasteiger partial charge on any atom is -0.495 e. The number of methoxy groups -OCH3 is 1. The summed E-state index contributed by atoms with van der Waals surface area (Å²) < 4.78 is 5.50. The lowest BCUT2D eigenvalue weighted by Crippen LogP contribution is -2.48. The van der Waals surface area contributed by atoms with E-state index in [1.54, 1.807) is 13.3 Å². The summed E-state index contributed by atoms with van der Waals surface area (Å²) in [6.07, 6.45) is 7.46. The molecule has 180 valence electrons. The van der Waals surface area contributed by atoms with E-state index in [0.29, 0.717) is 18.7 Å². The molecule has 8 heteroatoms. The highest BCUT2D eigenvalue weighted by molar-refractivity contribution is 5.97. The molecule has 1 amide bonds. The molecule has 1 aliphatic rings. The third kappa shape index (κ3) is 3.96. The van der Waals surface area contributed by atoms with Crippen molar-refractivity contribution in [1.29, 1.82) is 0 Å². The lowest BCUT2D eigenvalue weighted by molar-refractivity contribution is 0.0746. The SMILES string of the molecule is COc1ccccc1N1CCN(C(=O)c2ccc(-c3cnc4[nH]cc(-c5cn[nH]c5)c4c3)cc2)CC1. The molecule has 2 aromatic carbocycles. The van der Waals surface area contributed by atoms with Crippen molar-refractivity contribution in [2.24, 2.45) is 0 Å². The van der Waals surface area contributed by atoms with Crippen LogP contribution in [-0.4, -0.2) is 64.3 Å². The number of amides is 1. The van der Waals surface area contributed by atoms with Crippen LogP contribution in [0, 0.1) is 0 Å². The van der Waals surface area contributed by atoms with Gasteiger partial charge in [0.05, 0.1) is 19.0 Å². The number of hydrogen-bond acceptors (Lipinski definition) is 5. The van der Waals surface area contributed by atoms with Crippen molar-refractivity contribution in [3.05, 3.63) is 84.9 Å². The van der Waals surface area contributed by atoms with E-state index < -0.39 is 0 Å². The van der Waals surface area contributed by atoms with Crippen LogP contribution in [-0.2, 0) is 0 Å². The number of piperazine rings is 1. The smallest absolute Gasteiger partial charge is 0.253 e. The van der Waals surface area contributed by atoms with Crippen molar-refractivity contribution < 1.29 is 9.53 Å². The number of nitrogens with zero attached hydrogens (tertiary/aromatic N) is 4. The van der Waals surface area contributed by atoms with Crippen LogP contribution in [0.5, 0.6) is 5.75 Å². The predicted octanol–water partition coefficient (Wildman–Crippen LogP) is 4.59. The maximum Gasteiger partial charge on any atom is 0.253 e. The highest BCUT2D eigenvalue weighted by Gasteiger charge is 2.23. The number of pyridine rings is 1. The van der Waals surface area contributed by atoms with Gasteiger partial charge in [0.15, 0.2) is 0 Å². The molecule has 1 aliphatic heterocycles. The second-order valence-electron chi connectivity index (χ2n) is 8.84. The Balaban J connectivity index is 1.17. The predicted molar refractivity (Wildman–Crippen MR) is 140 cm³/mol. The maximum absolute atomic E-state index is 13.2. The fourth-order valence-corrected chi connectivity index (χ4v) is 4.83. The van der Waals surface area contributed by atoms with E-state index in [1.165, 1.54) is 0 Å². The summed E-state index contributed by atoms with van der Waals surface area (Å²) in [5, 5.41) is 7.94. The first-order valence-electron chi connectivity index (χ1n) is 12.0. The maximum atomic E-state index is 13.2. The van der Waals surface area contributed by atoms with Crippen LogP contribution in [0.4, 0.5) is 5.69 Å². The molecule has 6 rings (SSSR count). The van der Waals surface area contributed by atoms with Gasteiger partial charge >= 0.3 is 0 Å². The number of rotatable bonds is 5. The Morgan fingerprint density at radius 2 is 1.72 bits per heavy atom. The lowest BCUT2D eigenvalue weighted by atomic mass is 10.0. The summed E-state index contributed by atoms with van der Waals surface area (Å²) in [6, 6.07) is 17.9. The zero-order valence-corrected chi connectivity index (χ0v) is 19.9. The van der Waals surface area contributed by atoms with E-state index in [2.05, 4.69) is 37.2 Å². The van der Waals surface area contributed by atoms with Crippen molar-refractivity contribution in [3.63, 3.8) is 0 Å². The number of fused-ring (bicyclic) bond motifs is 1. The Kier molecular flexibility index (Phi) is 5.61. The number of hydrogen-bond donors (Lipinski definition) is 2. The minimum absolute atomic E-state index is 0.0580. The molecule has 0 bridgehead atoms. The van der Waals surface area contributed by atoms with Gasteiger partial charge in [0, 0.05) is 72.4 Å². The van der Waals surface area contributed by atoms with Crippen LogP contribution in [0.25, 0.3) is 33.3 Å². The molecule has 1 saturated heterocycles. The molecule has 8 nitrogen and oxygen atoms in total. The molecule has 0 radical (unpaired) electrons. The van der Waals surface area contributed by atoms with Gasteiger partial charge in [-0.2, -0.15) is 5.10 Å². The van der Waals surface area contributed by atoms with Crippen molar-refractivity contribution in [3.8, 4) is 28.0 Å². The molecule has 4 heterocycles. The summed E-state index contributed by atoms with van der Waals surface area (Å²) in [6.45, 7) is 2.88. The monoisotopic (exact) mass is 478 g/mol. The largest absolute Gasteiger partial charge is 0.495 e. The first kappa shape index (κ1) is 21.9. The fraction of sp³-hybridized carbons (Fsp3) is 0.179. The average Bonchev–Trinajstić information content (AvgIpc) is 3.62. The number of anilines is 1. The number of aromatic nitrogens is 4. The molecule has 36 heavy (non-hydrogen) atoms. The van der Waals surface area contributed by atoms with Gasteiger partial charge in [-0.05, 0) is 35.9 Å². The van der Waals surface area contributed by atoms with E-state index in [0.717, 1.165) is 57.8 Å². The van der Waals surface area contributed by atoms with Crippen LogP contribution in [0.3, 0.4) is 0 Å². The minimum atomic E-state index is 0.0580. The molecule has 3 aromatic heterocycles. The number of carbonyl (C=O) groups excluding carboxylic acids is 1. The van der Waals surface area contributed by atoms with E-state index in [9.17, 15) is 4.79 Å². The van der Waals surface area contributed by atoms with Gasteiger partial charge in [-0.25, -0.2) is 4.98 Å². The Morgan fingerprint density at radius 1 is 0.917 bits per heavy atom. The summed E-state index contributed by atoms with van der Waals surface area (Å²) in [5.74, 6) is 0.916. The molecular weight excluding hydrogens is 452 g/mol. The number of carbonyl (C=O) groups is 1. The molecule has 5 aromatic rings. The Hall–Kier alpha value is -4.59.